The van der Waals surface area contributed by atoms with Gasteiger partial charge in [0.15, 0.2) is 0 Å². The van der Waals surface area contributed by atoms with Crippen LogP contribution >= 0.6 is 0 Å². The van der Waals surface area contributed by atoms with Crippen LogP contribution in [0.4, 0.5) is 0 Å². The van der Waals surface area contributed by atoms with Crippen molar-refractivity contribution in [1.82, 2.24) is 15.1 Å². The maximum Gasteiger partial charge on any atom is 0.122 e. The van der Waals surface area contributed by atoms with Crippen molar-refractivity contribution in [3.63, 3.8) is 0 Å². The molecule has 4 heteroatoms. The smallest absolute Gasteiger partial charge is 0.122 e. The van der Waals surface area contributed by atoms with Crippen LogP contribution < -0.4 is 5.32 Å². The summed E-state index contributed by atoms with van der Waals surface area (Å²) in [6.45, 7) is 7.44. The van der Waals surface area contributed by atoms with Crippen LogP contribution in [0.25, 0.3) is 0 Å². The first-order valence-electron chi connectivity index (χ1n) is 8.04. The van der Waals surface area contributed by atoms with Gasteiger partial charge in [-0.05, 0) is 66.1 Å². The lowest BCUT2D eigenvalue weighted by Crippen LogP contribution is -2.58. The SMILES string of the molecule is CC(C)NC(C#N)(CN1CCCC1CN(C)C)C1CC1. The highest BCUT2D eigenvalue weighted by Gasteiger charge is 2.48. The van der Waals surface area contributed by atoms with E-state index in [1.807, 2.05) is 0 Å². The van der Waals surface area contributed by atoms with Crippen LogP contribution in [0.1, 0.15) is 39.5 Å². The maximum absolute atomic E-state index is 9.81. The zero-order valence-electron chi connectivity index (χ0n) is 13.5. The highest BCUT2D eigenvalue weighted by Crippen LogP contribution is 2.41. The van der Waals surface area contributed by atoms with Gasteiger partial charge in [0, 0.05) is 25.2 Å². The molecule has 0 amide bonds. The topological polar surface area (TPSA) is 42.3 Å². The predicted octanol–water partition coefficient (Wildman–Crippen LogP) is 1.68. The van der Waals surface area contributed by atoms with Gasteiger partial charge in [-0.2, -0.15) is 5.26 Å². The Balaban J connectivity index is 2.05. The van der Waals surface area contributed by atoms with Crippen LogP contribution in [0.3, 0.4) is 0 Å². The summed E-state index contributed by atoms with van der Waals surface area (Å²) in [5.74, 6) is 0.551. The van der Waals surface area contributed by atoms with E-state index in [4.69, 9.17) is 0 Å². The molecule has 1 saturated carbocycles. The lowest BCUT2D eigenvalue weighted by molar-refractivity contribution is 0.154. The van der Waals surface area contributed by atoms with Gasteiger partial charge in [0.1, 0.15) is 5.54 Å². The van der Waals surface area contributed by atoms with Crippen molar-refractivity contribution >= 4 is 0 Å². The highest BCUT2D eigenvalue weighted by atomic mass is 15.2. The molecule has 114 valence electrons. The zero-order valence-corrected chi connectivity index (χ0v) is 13.5. The molecule has 1 aliphatic heterocycles. The number of nitrogens with zero attached hydrogens (tertiary/aromatic N) is 3. The van der Waals surface area contributed by atoms with E-state index in [1.54, 1.807) is 0 Å². The quantitative estimate of drug-likeness (QED) is 0.769. The molecule has 2 atom stereocenters. The molecule has 2 unspecified atom stereocenters. The number of nitrogens with one attached hydrogen (secondary N) is 1. The number of likely N-dealkylation sites (tertiary alicyclic amines) is 1. The Kier molecular flexibility index (Phi) is 5.06. The first kappa shape index (κ1) is 15.8. The van der Waals surface area contributed by atoms with Crippen LogP contribution in [0.2, 0.25) is 0 Å². The Labute approximate surface area is 124 Å². The van der Waals surface area contributed by atoms with Gasteiger partial charge in [0.05, 0.1) is 6.07 Å². The summed E-state index contributed by atoms with van der Waals surface area (Å²) in [5, 5.41) is 13.4. The van der Waals surface area contributed by atoms with E-state index in [9.17, 15) is 5.26 Å². The first-order chi connectivity index (χ1) is 9.47. The van der Waals surface area contributed by atoms with Crippen LogP contribution in [0, 0.1) is 17.2 Å². The van der Waals surface area contributed by atoms with E-state index < -0.39 is 0 Å². The summed E-state index contributed by atoms with van der Waals surface area (Å²) >= 11 is 0. The minimum atomic E-state index is -0.330. The van der Waals surface area contributed by atoms with E-state index in [0.29, 0.717) is 18.0 Å². The Bertz CT molecular complexity index is 356. The van der Waals surface area contributed by atoms with Crippen molar-refractivity contribution < 1.29 is 0 Å². The summed E-state index contributed by atoms with van der Waals surface area (Å²) < 4.78 is 0. The molecule has 0 aromatic carbocycles. The van der Waals surface area contributed by atoms with Crippen molar-refractivity contribution in [3.05, 3.63) is 0 Å². The lowest BCUT2D eigenvalue weighted by Gasteiger charge is -2.37. The highest BCUT2D eigenvalue weighted by molar-refractivity contribution is 5.17. The second kappa shape index (κ2) is 6.43. The molecule has 2 rings (SSSR count). The molecule has 1 saturated heterocycles. The standard InChI is InChI=1S/C16H30N4/c1-13(2)18-16(11-17,14-7-8-14)12-20-9-5-6-15(20)10-19(3)4/h13-15,18H,5-10,12H2,1-4H3. The first-order valence-corrected chi connectivity index (χ1v) is 8.04. The van der Waals surface area contributed by atoms with E-state index >= 15 is 0 Å². The fourth-order valence-electron chi connectivity index (χ4n) is 3.59. The molecule has 1 heterocycles. The fraction of sp³-hybridized carbons (Fsp3) is 0.938. The molecule has 0 aromatic rings. The van der Waals surface area contributed by atoms with Crippen molar-refractivity contribution in [2.75, 3.05) is 33.7 Å². The number of hydrogen-bond acceptors (Lipinski definition) is 4. The largest absolute Gasteiger partial charge is 0.308 e. The monoisotopic (exact) mass is 278 g/mol. The minimum Gasteiger partial charge on any atom is -0.308 e. The van der Waals surface area contributed by atoms with Crippen LogP contribution in [0.5, 0.6) is 0 Å². The Morgan fingerprint density at radius 2 is 2.05 bits per heavy atom. The van der Waals surface area contributed by atoms with E-state index in [1.165, 1.54) is 25.7 Å². The second-order valence-electron chi connectivity index (χ2n) is 7.19. The van der Waals surface area contributed by atoms with Gasteiger partial charge in [-0.3, -0.25) is 10.2 Å². The van der Waals surface area contributed by atoms with Crippen molar-refractivity contribution in [2.24, 2.45) is 5.92 Å². The lowest BCUT2D eigenvalue weighted by atomic mass is 9.92. The molecular weight excluding hydrogens is 248 g/mol. The Morgan fingerprint density at radius 3 is 2.55 bits per heavy atom. The molecular formula is C16H30N4. The molecule has 2 aliphatic rings. The summed E-state index contributed by atoms with van der Waals surface area (Å²) in [5.41, 5.74) is -0.330. The average Bonchev–Trinajstić information content (AvgIpc) is 3.13. The molecule has 0 radical (unpaired) electrons. The number of hydrogen-bond donors (Lipinski definition) is 1. The minimum absolute atomic E-state index is 0.330. The van der Waals surface area contributed by atoms with Crippen molar-refractivity contribution in [3.8, 4) is 6.07 Å². The predicted molar refractivity (Wildman–Crippen MR) is 82.5 cm³/mol. The molecule has 20 heavy (non-hydrogen) atoms. The molecule has 0 aromatic heterocycles. The summed E-state index contributed by atoms with van der Waals surface area (Å²) in [7, 11) is 4.28. The average molecular weight is 278 g/mol. The van der Waals surface area contributed by atoms with Gasteiger partial charge in [0.25, 0.3) is 0 Å². The van der Waals surface area contributed by atoms with Gasteiger partial charge >= 0.3 is 0 Å². The van der Waals surface area contributed by atoms with Crippen molar-refractivity contribution in [2.45, 2.75) is 57.2 Å². The van der Waals surface area contributed by atoms with Crippen LogP contribution in [-0.2, 0) is 0 Å². The van der Waals surface area contributed by atoms with Gasteiger partial charge in [0.2, 0.25) is 0 Å². The normalized spacial score (nSPS) is 26.9. The molecule has 1 aliphatic carbocycles. The van der Waals surface area contributed by atoms with Crippen LogP contribution in [-0.4, -0.2) is 61.2 Å². The summed E-state index contributed by atoms with van der Waals surface area (Å²) in [4.78, 5) is 4.82. The number of likely N-dealkylation sites (N-methyl/N-ethyl adjacent to an activating group) is 1. The number of nitriles is 1. The third kappa shape index (κ3) is 3.72. The van der Waals surface area contributed by atoms with E-state index in [2.05, 4.69) is 49.1 Å². The van der Waals surface area contributed by atoms with Crippen LogP contribution in [0.15, 0.2) is 0 Å². The molecule has 0 spiro atoms. The second-order valence-corrected chi connectivity index (χ2v) is 7.19. The van der Waals surface area contributed by atoms with E-state index in [0.717, 1.165) is 19.6 Å². The third-order valence-electron chi connectivity index (χ3n) is 4.55. The summed E-state index contributed by atoms with van der Waals surface area (Å²) in [6.07, 6.45) is 4.96. The van der Waals surface area contributed by atoms with Gasteiger partial charge in [-0.1, -0.05) is 0 Å². The maximum atomic E-state index is 9.81. The zero-order chi connectivity index (χ0) is 14.8. The molecule has 4 nitrogen and oxygen atoms in total. The van der Waals surface area contributed by atoms with Gasteiger partial charge in [-0.25, -0.2) is 0 Å². The number of rotatable bonds is 7. The van der Waals surface area contributed by atoms with Crippen molar-refractivity contribution in [1.29, 1.82) is 5.26 Å². The molecule has 0 bridgehead atoms. The molecule has 2 fully saturated rings. The fourth-order valence-corrected chi connectivity index (χ4v) is 3.59. The summed E-state index contributed by atoms with van der Waals surface area (Å²) in [6, 6.07) is 3.63. The molecule has 1 N–H and O–H groups in total. The van der Waals surface area contributed by atoms with E-state index in [-0.39, 0.29) is 5.54 Å². The Morgan fingerprint density at radius 1 is 1.35 bits per heavy atom. The third-order valence-corrected chi connectivity index (χ3v) is 4.55. The van der Waals surface area contributed by atoms with Gasteiger partial charge < -0.3 is 4.90 Å². The Hall–Kier alpha value is -0.630. The van der Waals surface area contributed by atoms with Gasteiger partial charge in [-0.15, -0.1) is 0 Å².